The van der Waals surface area contributed by atoms with Crippen LogP contribution in [0.25, 0.3) is 0 Å². The number of halogens is 1. The number of pyridine rings is 1. The molecule has 0 radical (unpaired) electrons. The predicted octanol–water partition coefficient (Wildman–Crippen LogP) is 2.99. The largest absolute Gasteiger partial charge is 0.449 e. The number of rotatable bonds is 5. The number of esters is 1. The van der Waals surface area contributed by atoms with Gasteiger partial charge in [-0.3, -0.25) is 14.6 Å². The third kappa shape index (κ3) is 5.68. The van der Waals surface area contributed by atoms with E-state index in [1.54, 1.807) is 30.3 Å². The first-order valence-electron chi connectivity index (χ1n) is 7.35. The molecule has 1 atom stereocenters. The van der Waals surface area contributed by atoms with Crippen molar-refractivity contribution in [1.82, 2.24) is 4.98 Å². The third-order valence-electron chi connectivity index (χ3n) is 3.07. The van der Waals surface area contributed by atoms with Crippen molar-refractivity contribution in [1.29, 1.82) is 0 Å². The Morgan fingerprint density at radius 1 is 1.08 bits per heavy atom. The Labute approximate surface area is 152 Å². The molecule has 1 aromatic heterocycles. The number of anilines is 2. The van der Waals surface area contributed by atoms with Gasteiger partial charge in [0.1, 0.15) is 0 Å². The summed E-state index contributed by atoms with van der Waals surface area (Å²) in [7, 11) is 0. The van der Waals surface area contributed by atoms with Gasteiger partial charge in [0.05, 0.1) is 5.56 Å². The number of hydrogen-bond donors (Lipinski definition) is 2. The summed E-state index contributed by atoms with van der Waals surface area (Å²) in [6.07, 6.45) is 1.91. The predicted molar refractivity (Wildman–Crippen MR) is 96.2 cm³/mol. The van der Waals surface area contributed by atoms with E-state index in [4.69, 9.17) is 4.74 Å². The average molecular weight is 406 g/mol. The second kappa shape index (κ2) is 8.39. The van der Waals surface area contributed by atoms with Gasteiger partial charge in [-0.15, -0.1) is 0 Å². The molecular weight excluding hydrogens is 390 g/mol. The standard InChI is InChI=1S/C17H16BrN3O4/c1-10(25-17(24)12-7-13(18)9-19-8-12)16(23)21-15-5-3-14(4-6-15)20-11(2)22/h3-10H,1-2H3,(H,20,22)(H,21,23)/t10-/m1/s1. The van der Waals surface area contributed by atoms with Gasteiger partial charge in [0.25, 0.3) is 5.91 Å². The second-order valence-electron chi connectivity index (χ2n) is 5.19. The number of carbonyl (C=O) groups excluding carboxylic acids is 3. The Morgan fingerprint density at radius 3 is 2.24 bits per heavy atom. The molecule has 0 fully saturated rings. The van der Waals surface area contributed by atoms with Crippen LogP contribution in [0.4, 0.5) is 11.4 Å². The molecule has 2 amide bonds. The van der Waals surface area contributed by atoms with Crippen LogP contribution in [0.15, 0.2) is 47.2 Å². The molecule has 130 valence electrons. The van der Waals surface area contributed by atoms with Crippen LogP contribution in [0.5, 0.6) is 0 Å². The summed E-state index contributed by atoms with van der Waals surface area (Å²) in [5, 5.41) is 5.26. The minimum Gasteiger partial charge on any atom is -0.449 e. The highest BCUT2D eigenvalue weighted by Gasteiger charge is 2.19. The van der Waals surface area contributed by atoms with E-state index in [1.807, 2.05) is 0 Å². The van der Waals surface area contributed by atoms with Crippen molar-refractivity contribution in [3.05, 3.63) is 52.8 Å². The zero-order valence-corrected chi connectivity index (χ0v) is 15.2. The molecule has 2 rings (SSSR count). The monoisotopic (exact) mass is 405 g/mol. The van der Waals surface area contributed by atoms with Gasteiger partial charge in [0.15, 0.2) is 6.10 Å². The first-order chi connectivity index (χ1) is 11.8. The zero-order chi connectivity index (χ0) is 18.4. The molecule has 2 N–H and O–H groups in total. The lowest BCUT2D eigenvalue weighted by Crippen LogP contribution is -2.30. The van der Waals surface area contributed by atoms with Crippen LogP contribution >= 0.6 is 15.9 Å². The molecule has 7 nitrogen and oxygen atoms in total. The quantitative estimate of drug-likeness (QED) is 0.745. The maximum Gasteiger partial charge on any atom is 0.340 e. The molecule has 0 aliphatic carbocycles. The first-order valence-corrected chi connectivity index (χ1v) is 8.14. The Hall–Kier alpha value is -2.74. The number of ether oxygens (including phenoxy) is 1. The van der Waals surface area contributed by atoms with Crippen molar-refractivity contribution in [2.24, 2.45) is 0 Å². The minimum absolute atomic E-state index is 0.181. The van der Waals surface area contributed by atoms with Gasteiger partial charge in [0.2, 0.25) is 5.91 Å². The third-order valence-corrected chi connectivity index (χ3v) is 3.50. The fourth-order valence-electron chi connectivity index (χ4n) is 1.89. The molecule has 0 unspecified atom stereocenters. The summed E-state index contributed by atoms with van der Waals surface area (Å²) in [5.74, 6) is -1.29. The van der Waals surface area contributed by atoms with Crippen molar-refractivity contribution >= 4 is 45.1 Å². The van der Waals surface area contributed by atoms with E-state index in [1.165, 1.54) is 26.2 Å². The van der Waals surface area contributed by atoms with E-state index >= 15 is 0 Å². The van der Waals surface area contributed by atoms with Gasteiger partial charge >= 0.3 is 5.97 Å². The number of aromatic nitrogens is 1. The van der Waals surface area contributed by atoms with Crippen LogP contribution in [-0.4, -0.2) is 28.9 Å². The lowest BCUT2D eigenvalue weighted by molar-refractivity contribution is -0.123. The van der Waals surface area contributed by atoms with Crippen LogP contribution in [0.3, 0.4) is 0 Å². The number of benzene rings is 1. The van der Waals surface area contributed by atoms with Gasteiger partial charge in [-0.2, -0.15) is 0 Å². The van der Waals surface area contributed by atoms with Gasteiger partial charge in [-0.05, 0) is 53.2 Å². The Kier molecular flexibility index (Phi) is 6.24. The zero-order valence-electron chi connectivity index (χ0n) is 13.6. The average Bonchev–Trinajstić information content (AvgIpc) is 2.56. The molecule has 0 bridgehead atoms. The van der Waals surface area contributed by atoms with Crippen LogP contribution < -0.4 is 10.6 Å². The number of hydrogen-bond acceptors (Lipinski definition) is 5. The summed E-state index contributed by atoms with van der Waals surface area (Å²) in [5.41, 5.74) is 1.38. The number of nitrogens with zero attached hydrogens (tertiary/aromatic N) is 1. The Bertz CT molecular complexity index is 793. The summed E-state index contributed by atoms with van der Waals surface area (Å²) in [6, 6.07) is 8.13. The maximum atomic E-state index is 12.1. The van der Waals surface area contributed by atoms with Crippen molar-refractivity contribution in [3.63, 3.8) is 0 Å². The number of nitrogens with one attached hydrogen (secondary N) is 2. The molecular formula is C17H16BrN3O4. The van der Waals surface area contributed by atoms with Crippen LogP contribution in [0.1, 0.15) is 24.2 Å². The Morgan fingerprint density at radius 2 is 1.68 bits per heavy atom. The smallest absolute Gasteiger partial charge is 0.340 e. The van der Waals surface area contributed by atoms with Crippen molar-refractivity contribution in [2.75, 3.05) is 10.6 Å². The molecule has 2 aromatic rings. The summed E-state index contributed by atoms with van der Waals surface area (Å²) >= 11 is 3.21. The normalized spacial score (nSPS) is 11.3. The SMILES string of the molecule is CC(=O)Nc1ccc(NC(=O)[C@@H](C)OC(=O)c2cncc(Br)c2)cc1. The molecule has 1 heterocycles. The van der Waals surface area contributed by atoms with E-state index in [2.05, 4.69) is 31.5 Å². The summed E-state index contributed by atoms with van der Waals surface area (Å²) in [6.45, 7) is 2.89. The van der Waals surface area contributed by atoms with Gasteiger partial charge in [0, 0.05) is 35.2 Å². The molecule has 0 spiro atoms. The molecule has 0 saturated heterocycles. The van der Waals surface area contributed by atoms with E-state index in [-0.39, 0.29) is 11.5 Å². The van der Waals surface area contributed by atoms with E-state index in [9.17, 15) is 14.4 Å². The number of amides is 2. The maximum absolute atomic E-state index is 12.1. The van der Waals surface area contributed by atoms with E-state index in [0.717, 1.165) is 0 Å². The van der Waals surface area contributed by atoms with Crippen LogP contribution in [-0.2, 0) is 14.3 Å². The van der Waals surface area contributed by atoms with Crippen LogP contribution in [0.2, 0.25) is 0 Å². The molecule has 0 saturated carbocycles. The molecule has 0 aliphatic rings. The fourth-order valence-corrected chi connectivity index (χ4v) is 2.25. The van der Waals surface area contributed by atoms with Gasteiger partial charge in [-0.25, -0.2) is 4.79 Å². The highest BCUT2D eigenvalue weighted by atomic mass is 79.9. The summed E-state index contributed by atoms with van der Waals surface area (Å²) < 4.78 is 5.77. The highest BCUT2D eigenvalue weighted by Crippen LogP contribution is 2.15. The first kappa shape index (κ1) is 18.6. The molecule has 25 heavy (non-hydrogen) atoms. The van der Waals surface area contributed by atoms with E-state index in [0.29, 0.717) is 15.8 Å². The molecule has 8 heteroatoms. The van der Waals surface area contributed by atoms with Crippen molar-refractivity contribution < 1.29 is 19.1 Å². The van der Waals surface area contributed by atoms with Crippen molar-refractivity contribution in [3.8, 4) is 0 Å². The fraction of sp³-hybridized carbons (Fsp3) is 0.176. The van der Waals surface area contributed by atoms with Crippen molar-refractivity contribution in [2.45, 2.75) is 20.0 Å². The van der Waals surface area contributed by atoms with E-state index < -0.39 is 18.0 Å². The minimum atomic E-state index is -0.985. The van der Waals surface area contributed by atoms with Gasteiger partial charge < -0.3 is 15.4 Å². The summed E-state index contributed by atoms with van der Waals surface area (Å²) in [4.78, 5) is 39.0. The molecule has 0 aliphatic heterocycles. The van der Waals surface area contributed by atoms with Crippen LogP contribution in [0, 0.1) is 0 Å². The Balaban J connectivity index is 1.93. The lowest BCUT2D eigenvalue weighted by Gasteiger charge is -2.14. The number of carbonyl (C=O) groups is 3. The highest BCUT2D eigenvalue weighted by molar-refractivity contribution is 9.10. The topological polar surface area (TPSA) is 97.4 Å². The van der Waals surface area contributed by atoms with Gasteiger partial charge in [-0.1, -0.05) is 0 Å². The molecule has 1 aromatic carbocycles. The lowest BCUT2D eigenvalue weighted by atomic mass is 10.2. The second-order valence-corrected chi connectivity index (χ2v) is 6.10.